The Balaban J connectivity index is 0.000000207. The van der Waals surface area contributed by atoms with E-state index in [-0.39, 0.29) is 53.7 Å². The molecule has 290 valence electrons. The smallest absolute Gasteiger partial charge is 0.406 e. The highest BCUT2D eigenvalue weighted by Gasteiger charge is 2.31. The van der Waals surface area contributed by atoms with E-state index in [1.54, 1.807) is 43.8 Å². The number of hydrogen-bond donors (Lipinski definition) is 2. The van der Waals surface area contributed by atoms with Gasteiger partial charge in [-0.2, -0.15) is 0 Å². The van der Waals surface area contributed by atoms with Gasteiger partial charge in [-0.15, -0.1) is 38.0 Å². The Hall–Kier alpha value is -6.60. The Morgan fingerprint density at radius 2 is 1.21 bits per heavy atom. The fourth-order valence-corrected chi connectivity index (χ4v) is 6.04. The maximum Gasteiger partial charge on any atom is 0.573 e. The number of ketones is 1. The van der Waals surface area contributed by atoms with Gasteiger partial charge in [0.1, 0.15) is 16.8 Å². The zero-order chi connectivity index (χ0) is 38.1. The Morgan fingerprint density at radius 3 is 1.64 bits per heavy atom. The summed E-state index contributed by atoms with van der Waals surface area (Å²) in [5.41, 5.74) is 18.6. The van der Waals surface area contributed by atoms with Gasteiger partial charge >= 0.3 is 6.36 Å². The van der Waals surface area contributed by atoms with E-state index in [9.17, 15) is 18.0 Å². The average molecular weight is 812 g/mol. The lowest BCUT2D eigenvalue weighted by atomic mass is 10.0. The first kappa shape index (κ1) is 40.6. The third-order valence-electron chi connectivity index (χ3n) is 8.34. The number of halogens is 5. The van der Waals surface area contributed by atoms with E-state index in [2.05, 4.69) is 49.9 Å². The summed E-state index contributed by atoms with van der Waals surface area (Å²) in [6.45, 7) is 6.58. The second-order valence-corrected chi connectivity index (χ2v) is 11.7. The van der Waals surface area contributed by atoms with Crippen LogP contribution in [0.25, 0.3) is 67.4 Å². The Bertz CT molecular complexity index is 2660. The van der Waals surface area contributed by atoms with Crippen molar-refractivity contribution >= 4 is 64.3 Å². The van der Waals surface area contributed by atoms with Crippen LogP contribution in [0, 0.1) is 0 Å². The molecule has 2 aromatic carbocycles. The molecule has 0 spiro atoms. The number of benzene rings is 2. The number of Topliss-reactive ketones (excluding diaryl/α,β-unsaturated/α-hetero) is 1. The van der Waals surface area contributed by atoms with Crippen LogP contribution in [-0.2, 0) is 13.1 Å². The standard InChI is InChI=1S/C18H16N6O2.C17H13F3N6O2.2ClH/c1-3-24-16-13(12-6-4-5-11(7-12)10(2)25)8-20-9-14(16)21-18(24)15-17(19)23-26-22-15;1-2-26-14-11(9-4-3-5-10(6-9)27-17(18,19)20)7-22-8-12(14)23-16(26)13-15(21)25-28-24-13;;/h4-9H,3H2,1-2H3,(H2,19,23);3-8H,2H2,1H3,(H2,21,25);2*1H. The van der Waals surface area contributed by atoms with Crippen molar-refractivity contribution in [3.8, 4) is 51.0 Å². The number of nitrogens with two attached hydrogens (primary N) is 2. The molecule has 0 atom stereocenters. The number of aryl methyl sites for hydroxylation is 2. The molecule has 6 aromatic heterocycles. The molecular formula is C35H31Cl2F3N12O4. The molecule has 0 amide bonds. The first-order valence-electron chi connectivity index (χ1n) is 16.3. The molecule has 0 fully saturated rings. The number of anilines is 2. The summed E-state index contributed by atoms with van der Waals surface area (Å²) in [4.78, 5) is 29.3. The molecule has 0 saturated heterocycles. The van der Waals surface area contributed by atoms with Crippen LogP contribution in [-0.4, -0.2) is 61.8 Å². The SMILES string of the molecule is CCn1c(-c2nonc2N)nc2cncc(-c3cccc(C(C)=O)c3)c21.CCn1c(-c2nonc2N)nc2cncc(-c3cccc(OC(F)(F)F)c3)c21.Cl.Cl. The van der Waals surface area contributed by atoms with Gasteiger partial charge in [-0.3, -0.25) is 14.8 Å². The molecule has 6 heterocycles. The van der Waals surface area contributed by atoms with Crippen LogP contribution in [0.3, 0.4) is 0 Å². The largest absolute Gasteiger partial charge is 0.573 e. The number of nitrogen functional groups attached to an aromatic ring is 2. The van der Waals surface area contributed by atoms with Crippen molar-refractivity contribution in [1.82, 2.24) is 49.7 Å². The number of aromatic nitrogens is 10. The minimum Gasteiger partial charge on any atom is -0.406 e. The van der Waals surface area contributed by atoms with E-state index in [1.807, 2.05) is 41.2 Å². The number of alkyl halides is 3. The zero-order valence-electron chi connectivity index (χ0n) is 29.6. The molecule has 0 unspecified atom stereocenters. The van der Waals surface area contributed by atoms with Crippen LogP contribution in [0.5, 0.6) is 5.75 Å². The third kappa shape index (κ3) is 7.80. The second-order valence-electron chi connectivity index (χ2n) is 11.7. The maximum absolute atomic E-state index is 12.6. The van der Waals surface area contributed by atoms with E-state index in [0.29, 0.717) is 63.7 Å². The van der Waals surface area contributed by atoms with Gasteiger partial charge in [0.25, 0.3) is 0 Å². The predicted octanol–water partition coefficient (Wildman–Crippen LogP) is 7.45. The number of carbonyl (C=O) groups excluding carboxylic acids is 1. The van der Waals surface area contributed by atoms with E-state index >= 15 is 0 Å². The van der Waals surface area contributed by atoms with Gasteiger partial charge < -0.3 is 25.3 Å². The monoisotopic (exact) mass is 810 g/mol. The highest BCUT2D eigenvalue weighted by atomic mass is 35.5. The van der Waals surface area contributed by atoms with Gasteiger partial charge in [0.05, 0.1) is 23.4 Å². The van der Waals surface area contributed by atoms with Gasteiger partial charge in [-0.1, -0.05) is 30.3 Å². The number of pyridine rings is 2. The van der Waals surface area contributed by atoms with Crippen molar-refractivity contribution in [2.24, 2.45) is 0 Å². The summed E-state index contributed by atoms with van der Waals surface area (Å²) < 4.78 is 54.9. The minimum absolute atomic E-state index is 0. The second kappa shape index (κ2) is 16.4. The lowest BCUT2D eigenvalue weighted by Crippen LogP contribution is -2.17. The van der Waals surface area contributed by atoms with Gasteiger partial charge in [0.2, 0.25) is 0 Å². The van der Waals surface area contributed by atoms with Crippen molar-refractivity contribution in [3.05, 3.63) is 78.9 Å². The van der Waals surface area contributed by atoms with Crippen molar-refractivity contribution in [3.63, 3.8) is 0 Å². The number of ether oxygens (including phenoxy) is 1. The molecule has 0 aliphatic carbocycles. The highest BCUT2D eigenvalue weighted by molar-refractivity contribution is 5.98. The molecule has 8 aromatic rings. The molecule has 0 aliphatic rings. The maximum atomic E-state index is 12.6. The van der Waals surface area contributed by atoms with Crippen LogP contribution in [0.1, 0.15) is 31.1 Å². The van der Waals surface area contributed by atoms with Crippen molar-refractivity contribution in [1.29, 1.82) is 0 Å². The highest BCUT2D eigenvalue weighted by Crippen LogP contribution is 2.36. The number of carbonyl (C=O) groups is 1. The Morgan fingerprint density at radius 1 is 0.732 bits per heavy atom. The summed E-state index contributed by atoms with van der Waals surface area (Å²) in [5.74, 6) is 0.947. The topological polar surface area (TPSA) is 218 Å². The predicted molar refractivity (Wildman–Crippen MR) is 204 cm³/mol. The van der Waals surface area contributed by atoms with Gasteiger partial charge in [0, 0.05) is 42.2 Å². The normalized spacial score (nSPS) is 11.1. The van der Waals surface area contributed by atoms with E-state index in [0.717, 1.165) is 16.6 Å². The number of rotatable bonds is 8. The lowest BCUT2D eigenvalue weighted by Gasteiger charge is -2.11. The fraction of sp³-hybridized carbons (Fsp3) is 0.171. The van der Waals surface area contributed by atoms with Gasteiger partial charge in [-0.25, -0.2) is 19.2 Å². The summed E-state index contributed by atoms with van der Waals surface area (Å²) in [6.07, 6.45) is 1.78. The average Bonchev–Trinajstić information content (AvgIpc) is 3.95. The molecular weight excluding hydrogens is 780 g/mol. The molecule has 0 saturated carbocycles. The van der Waals surface area contributed by atoms with E-state index in [4.69, 9.17) is 16.1 Å². The lowest BCUT2D eigenvalue weighted by molar-refractivity contribution is -0.274. The first-order valence-corrected chi connectivity index (χ1v) is 16.3. The molecule has 56 heavy (non-hydrogen) atoms. The third-order valence-corrected chi connectivity index (χ3v) is 8.34. The number of nitrogens with zero attached hydrogens (tertiary/aromatic N) is 10. The van der Waals surface area contributed by atoms with Crippen molar-refractivity contribution in [2.75, 3.05) is 11.5 Å². The molecule has 0 bridgehead atoms. The van der Waals surface area contributed by atoms with Gasteiger partial charge in [-0.05, 0) is 70.7 Å². The van der Waals surface area contributed by atoms with Crippen LogP contribution >= 0.6 is 24.8 Å². The van der Waals surface area contributed by atoms with Crippen LogP contribution in [0.2, 0.25) is 0 Å². The number of imidazole rings is 2. The van der Waals surface area contributed by atoms with Crippen molar-refractivity contribution < 1.29 is 32.0 Å². The Kier molecular flexibility index (Phi) is 11.9. The van der Waals surface area contributed by atoms with Crippen LogP contribution in [0.15, 0.2) is 82.6 Å². The zero-order valence-corrected chi connectivity index (χ0v) is 31.2. The first-order chi connectivity index (χ1) is 26.0. The van der Waals surface area contributed by atoms with Gasteiger partial charge in [0.15, 0.2) is 40.5 Å². The molecule has 0 aliphatic heterocycles. The quantitative estimate of drug-likeness (QED) is 0.143. The van der Waals surface area contributed by atoms with E-state index in [1.165, 1.54) is 18.2 Å². The minimum atomic E-state index is -4.78. The molecule has 8 rings (SSSR count). The number of fused-ring (bicyclic) bond motifs is 2. The number of hydrogen-bond acceptors (Lipinski definition) is 14. The Labute approximate surface area is 326 Å². The van der Waals surface area contributed by atoms with E-state index < -0.39 is 6.36 Å². The summed E-state index contributed by atoms with van der Waals surface area (Å²) >= 11 is 0. The summed E-state index contributed by atoms with van der Waals surface area (Å²) in [5, 5.41) is 14.9. The van der Waals surface area contributed by atoms with Crippen LogP contribution in [0.4, 0.5) is 24.8 Å². The molecule has 21 heteroatoms. The van der Waals surface area contributed by atoms with Crippen LogP contribution < -0.4 is 16.2 Å². The van der Waals surface area contributed by atoms with Crippen molar-refractivity contribution in [2.45, 2.75) is 40.2 Å². The molecule has 4 N–H and O–H groups in total. The fourth-order valence-electron chi connectivity index (χ4n) is 6.04. The summed E-state index contributed by atoms with van der Waals surface area (Å²) in [6, 6.07) is 13.1. The molecule has 0 radical (unpaired) electrons. The molecule has 16 nitrogen and oxygen atoms in total. The summed E-state index contributed by atoms with van der Waals surface area (Å²) in [7, 11) is 0.